The quantitative estimate of drug-likeness (QED) is 0.837. The Morgan fingerprint density at radius 1 is 1.26 bits per heavy atom. The Morgan fingerprint density at radius 3 is 2.58 bits per heavy atom. The summed E-state index contributed by atoms with van der Waals surface area (Å²) in [7, 11) is 1.99. The molecule has 1 aliphatic heterocycles. The van der Waals surface area contributed by atoms with Crippen molar-refractivity contribution in [1.29, 1.82) is 0 Å². The SMILES string of the molecule is CC1CCC(N(C)C(=O)CN2CCN[C@H](C)C2)CC1. The van der Waals surface area contributed by atoms with Gasteiger partial charge in [0, 0.05) is 38.8 Å². The molecular formula is C15H29N3O. The van der Waals surface area contributed by atoms with Crippen molar-refractivity contribution in [2.24, 2.45) is 5.92 Å². The number of nitrogens with one attached hydrogen (secondary N) is 1. The van der Waals surface area contributed by atoms with E-state index in [9.17, 15) is 4.79 Å². The lowest BCUT2D eigenvalue weighted by molar-refractivity contribution is -0.134. The van der Waals surface area contributed by atoms with E-state index < -0.39 is 0 Å². The van der Waals surface area contributed by atoms with Crippen molar-refractivity contribution < 1.29 is 4.79 Å². The maximum atomic E-state index is 12.4. The van der Waals surface area contributed by atoms with Gasteiger partial charge in [0.15, 0.2) is 0 Å². The van der Waals surface area contributed by atoms with Gasteiger partial charge >= 0.3 is 0 Å². The van der Waals surface area contributed by atoms with Crippen LogP contribution >= 0.6 is 0 Å². The number of piperazine rings is 1. The summed E-state index contributed by atoms with van der Waals surface area (Å²) in [6.45, 7) is 8.07. The molecule has 1 N–H and O–H groups in total. The van der Waals surface area contributed by atoms with Crippen LogP contribution in [0.15, 0.2) is 0 Å². The highest BCUT2D eigenvalue weighted by Gasteiger charge is 2.26. The van der Waals surface area contributed by atoms with Crippen molar-refractivity contribution in [2.75, 3.05) is 33.2 Å². The average molecular weight is 267 g/mol. The highest BCUT2D eigenvalue weighted by Crippen LogP contribution is 2.26. The number of likely N-dealkylation sites (N-methyl/N-ethyl adjacent to an activating group) is 1. The molecular weight excluding hydrogens is 238 g/mol. The Balaban J connectivity index is 1.78. The summed E-state index contributed by atoms with van der Waals surface area (Å²) >= 11 is 0. The van der Waals surface area contributed by atoms with Gasteiger partial charge in [-0.15, -0.1) is 0 Å². The highest BCUT2D eigenvalue weighted by atomic mass is 16.2. The van der Waals surface area contributed by atoms with Crippen LogP contribution in [0.1, 0.15) is 39.5 Å². The first kappa shape index (κ1) is 14.8. The molecule has 0 aromatic rings. The number of hydrogen-bond donors (Lipinski definition) is 1. The predicted octanol–water partition coefficient (Wildman–Crippen LogP) is 1.32. The molecule has 1 saturated carbocycles. The molecule has 4 nitrogen and oxygen atoms in total. The maximum Gasteiger partial charge on any atom is 0.236 e. The van der Waals surface area contributed by atoms with Gasteiger partial charge in [-0.2, -0.15) is 0 Å². The minimum atomic E-state index is 0.300. The van der Waals surface area contributed by atoms with Gasteiger partial charge in [0.2, 0.25) is 5.91 Å². The molecule has 0 aromatic heterocycles. The standard InChI is InChI=1S/C15H29N3O/c1-12-4-6-14(7-5-12)17(3)15(19)11-18-9-8-16-13(2)10-18/h12-14,16H,4-11H2,1-3H3/t12?,13-,14?/m1/s1. The summed E-state index contributed by atoms with van der Waals surface area (Å²) in [5.41, 5.74) is 0. The Kier molecular flexibility index (Phi) is 5.22. The van der Waals surface area contributed by atoms with Gasteiger partial charge in [-0.1, -0.05) is 6.92 Å². The van der Waals surface area contributed by atoms with Gasteiger partial charge < -0.3 is 10.2 Å². The molecule has 110 valence electrons. The van der Waals surface area contributed by atoms with E-state index in [2.05, 4.69) is 24.1 Å². The smallest absolute Gasteiger partial charge is 0.236 e. The summed E-state index contributed by atoms with van der Waals surface area (Å²) in [4.78, 5) is 16.7. The van der Waals surface area contributed by atoms with Gasteiger partial charge in [0.25, 0.3) is 0 Å². The van der Waals surface area contributed by atoms with E-state index in [1.807, 2.05) is 11.9 Å². The molecule has 1 aliphatic carbocycles. The zero-order valence-electron chi connectivity index (χ0n) is 12.7. The molecule has 1 amide bonds. The van der Waals surface area contributed by atoms with E-state index in [0.717, 1.165) is 25.6 Å². The molecule has 1 heterocycles. The van der Waals surface area contributed by atoms with Crippen molar-refractivity contribution in [3.63, 3.8) is 0 Å². The van der Waals surface area contributed by atoms with Gasteiger partial charge in [-0.25, -0.2) is 0 Å². The fraction of sp³-hybridized carbons (Fsp3) is 0.933. The normalized spacial score (nSPS) is 33.1. The molecule has 2 rings (SSSR count). The highest BCUT2D eigenvalue weighted by molar-refractivity contribution is 5.78. The molecule has 2 aliphatic rings. The summed E-state index contributed by atoms with van der Waals surface area (Å²) in [6.07, 6.45) is 4.91. The monoisotopic (exact) mass is 267 g/mol. The van der Waals surface area contributed by atoms with Crippen molar-refractivity contribution >= 4 is 5.91 Å². The van der Waals surface area contributed by atoms with Crippen LogP contribution in [-0.4, -0.2) is 61.0 Å². The first-order chi connectivity index (χ1) is 9.06. The fourth-order valence-corrected chi connectivity index (χ4v) is 3.29. The van der Waals surface area contributed by atoms with Gasteiger partial charge in [0.05, 0.1) is 6.54 Å². The Bertz CT molecular complexity index is 300. The van der Waals surface area contributed by atoms with Crippen LogP contribution < -0.4 is 5.32 Å². The minimum Gasteiger partial charge on any atom is -0.342 e. The molecule has 4 heteroatoms. The second kappa shape index (κ2) is 6.71. The lowest BCUT2D eigenvalue weighted by Gasteiger charge is -2.36. The zero-order valence-corrected chi connectivity index (χ0v) is 12.7. The molecule has 1 atom stereocenters. The van der Waals surface area contributed by atoms with E-state index in [-0.39, 0.29) is 0 Å². The Hall–Kier alpha value is -0.610. The van der Waals surface area contributed by atoms with E-state index >= 15 is 0 Å². The van der Waals surface area contributed by atoms with E-state index in [1.165, 1.54) is 25.7 Å². The van der Waals surface area contributed by atoms with Crippen LogP contribution in [0, 0.1) is 5.92 Å². The van der Waals surface area contributed by atoms with Crippen LogP contribution in [0.5, 0.6) is 0 Å². The van der Waals surface area contributed by atoms with Crippen LogP contribution in [0.4, 0.5) is 0 Å². The number of carbonyl (C=O) groups is 1. The van der Waals surface area contributed by atoms with E-state index in [0.29, 0.717) is 24.5 Å². The average Bonchev–Trinajstić information content (AvgIpc) is 2.39. The summed E-state index contributed by atoms with van der Waals surface area (Å²) < 4.78 is 0. The van der Waals surface area contributed by atoms with Crippen LogP contribution in [0.25, 0.3) is 0 Å². The molecule has 0 spiro atoms. The summed E-state index contributed by atoms with van der Waals surface area (Å²) in [6, 6.07) is 0.978. The number of amides is 1. The topological polar surface area (TPSA) is 35.6 Å². The number of hydrogen-bond acceptors (Lipinski definition) is 3. The van der Waals surface area contributed by atoms with E-state index in [1.54, 1.807) is 0 Å². The van der Waals surface area contributed by atoms with Gasteiger partial charge in [-0.05, 0) is 38.5 Å². The maximum absolute atomic E-state index is 12.4. The van der Waals surface area contributed by atoms with Crippen LogP contribution in [0.3, 0.4) is 0 Å². The predicted molar refractivity (Wildman–Crippen MR) is 78.1 cm³/mol. The third-order valence-electron chi connectivity index (χ3n) is 4.74. The number of carbonyl (C=O) groups excluding carboxylic acids is 1. The number of rotatable bonds is 3. The Morgan fingerprint density at radius 2 is 1.95 bits per heavy atom. The lowest BCUT2D eigenvalue weighted by atomic mass is 9.87. The second-order valence-corrected chi connectivity index (χ2v) is 6.51. The fourth-order valence-electron chi connectivity index (χ4n) is 3.29. The van der Waals surface area contributed by atoms with Crippen molar-refractivity contribution in [1.82, 2.24) is 15.1 Å². The first-order valence-corrected chi connectivity index (χ1v) is 7.77. The largest absolute Gasteiger partial charge is 0.342 e. The van der Waals surface area contributed by atoms with Crippen molar-refractivity contribution in [2.45, 2.75) is 51.6 Å². The van der Waals surface area contributed by atoms with Crippen LogP contribution in [0.2, 0.25) is 0 Å². The molecule has 1 saturated heterocycles. The second-order valence-electron chi connectivity index (χ2n) is 6.51. The Labute approximate surface area is 117 Å². The van der Waals surface area contributed by atoms with Crippen molar-refractivity contribution in [3.8, 4) is 0 Å². The molecule has 0 aromatic carbocycles. The molecule has 0 radical (unpaired) electrons. The third kappa shape index (κ3) is 4.18. The summed E-state index contributed by atoms with van der Waals surface area (Å²) in [5, 5.41) is 3.42. The number of nitrogens with zero attached hydrogens (tertiary/aromatic N) is 2. The third-order valence-corrected chi connectivity index (χ3v) is 4.74. The minimum absolute atomic E-state index is 0.300. The van der Waals surface area contributed by atoms with Crippen molar-refractivity contribution in [3.05, 3.63) is 0 Å². The van der Waals surface area contributed by atoms with Gasteiger partial charge in [0.1, 0.15) is 0 Å². The lowest BCUT2D eigenvalue weighted by Crippen LogP contribution is -2.53. The van der Waals surface area contributed by atoms with Gasteiger partial charge in [-0.3, -0.25) is 9.69 Å². The molecule has 0 bridgehead atoms. The molecule has 19 heavy (non-hydrogen) atoms. The first-order valence-electron chi connectivity index (χ1n) is 7.77. The molecule has 2 fully saturated rings. The van der Waals surface area contributed by atoms with Crippen LogP contribution in [-0.2, 0) is 4.79 Å². The molecule has 0 unspecified atom stereocenters. The summed E-state index contributed by atoms with van der Waals surface area (Å²) in [5.74, 6) is 1.14. The van der Waals surface area contributed by atoms with E-state index in [4.69, 9.17) is 0 Å². The zero-order chi connectivity index (χ0) is 13.8.